The Balaban J connectivity index is 3.99. The third-order valence-corrected chi connectivity index (χ3v) is 1.91. The van der Waals surface area contributed by atoms with Crippen LogP contribution < -0.4 is 0 Å². The summed E-state index contributed by atoms with van der Waals surface area (Å²) in [7, 11) is 0. The molecule has 4 atom stereocenters. The molecule has 0 aliphatic heterocycles. The molecule has 5 heteroatoms. The van der Waals surface area contributed by atoms with Crippen molar-refractivity contribution in [2.45, 2.75) is 25.2 Å². The molecule has 0 fully saturated rings. The lowest BCUT2D eigenvalue weighted by Crippen LogP contribution is -2.41. The summed E-state index contributed by atoms with van der Waals surface area (Å²) in [5.41, 5.74) is 0. The first-order valence-electron chi connectivity index (χ1n) is 3.80. The minimum Gasteiger partial charge on any atom is -0.394 e. The molecular formula is C7H16O5. The van der Waals surface area contributed by atoms with E-state index in [0.717, 1.165) is 0 Å². The van der Waals surface area contributed by atoms with E-state index in [1.807, 2.05) is 0 Å². The highest BCUT2D eigenvalue weighted by Crippen LogP contribution is 2.11. The smallest absolute Gasteiger partial charge is 0.103 e. The Bertz CT molecular complexity index is 104. The standard InChI is InChI=1S/C7H16O5/c1-4(5(10)2-8)7(12)6(11)3-9/h4-12H,2-3H2,1H3/t4-,5+,6+,7-/m0/s1. The Morgan fingerprint density at radius 2 is 1.33 bits per heavy atom. The zero-order valence-corrected chi connectivity index (χ0v) is 6.96. The maximum absolute atomic E-state index is 9.21. The second-order valence-electron chi connectivity index (χ2n) is 2.85. The monoisotopic (exact) mass is 180 g/mol. The summed E-state index contributed by atoms with van der Waals surface area (Å²) in [6, 6.07) is 0. The van der Waals surface area contributed by atoms with Gasteiger partial charge in [0, 0.05) is 5.92 Å². The van der Waals surface area contributed by atoms with Crippen LogP contribution in [0.4, 0.5) is 0 Å². The molecule has 0 aliphatic rings. The quantitative estimate of drug-likeness (QED) is 0.327. The summed E-state index contributed by atoms with van der Waals surface area (Å²) in [5.74, 6) is -0.669. The molecule has 0 amide bonds. The Hall–Kier alpha value is -0.200. The third-order valence-electron chi connectivity index (χ3n) is 1.91. The highest BCUT2D eigenvalue weighted by Gasteiger charge is 2.27. The van der Waals surface area contributed by atoms with Crippen molar-refractivity contribution in [3.05, 3.63) is 0 Å². The van der Waals surface area contributed by atoms with Crippen LogP contribution in [0.3, 0.4) is 0 Å². The van der Waals surface area contributed by atoms with Gasteiger partial charge in [-0.3, -0.25) is 0 Å². The van der Waals surface area contributed by atoms with Crippen LogP contribution in [0.5, 0.6) is 0 Å². The molecule has 0 saturated carbocycles. The molecule has 0 heterocycles. The van der Waals surface area contributed by atoms with Crippen LogP contribution in [0.15, 0.2) is 0 Å². The van der Waals surface area contributed by atoms with Crippen molar-refractivity contribution in [1.82, 2.24) is 0 Å². The van der Waals surface area contributed by atoms with E-state index in [9.17, 15) is 5.11 Å². The van der Waals surface area contributed by atoms with Gasteiger partial charge in [-0.1, -0.05) is 6.92 Å². The minimum absolute atomic E-state index is 0.476. The van der Waals surface area contributed by atoms with E-state index in [0.29, 0.717) is 0 Å². The van der Waals surface area contributed by atoms with Gasteiger partial charge in [-0.25, -0.2) is 0 Å². The van der Waals surface area contributed by atoms with Gasteiger partial charge in [0.05, 0.1) is 25.4 Å². The van der Waals surface area contributed by atoms with Gasteiger partial charge in [-0.05, 0) is 0 Å². The summed E-state index contributed by atoms with van der Waals surface area (Å²) in [4.78, 5) is 0. The van der Waals surface area contributed by atoms with Crippen molar-refractivity contribution in [2.24, 2.45) is 5.92 Å². The first-order chi connectivity index (χ1) is 5.54. The molecule has 0 unspecified atom stereocenters. The van der Waals surface area contributed by atoms with E-state index in [1.54, 1.807) is 0 Å². The van der Waals surface area contributed by atoms with Crippen LogP contribution in [0.25, 0.3) is 0 Å². The topological polar surface area (TPSA) is 101 Å². The van der Waals surface area contributed by atoms with Gasteiger partial charge in [0.15, 0.2) is 0 Å². The zero-order chi connectivity index (χ0) is 9.72. The molecule has 0 aromatic carbocycles. The molecule has 12 heavy (non-hydrogen) atoms. The molecule has 0 aromatic heterocycles. The molecule has 5 N–H and O–H groups in total. The molecule has 0 rings (SSSR count). The van der Waals surface area contributed by atoms with E-state index in [2.05, 4.69) is 0 Å². The van der Waals surface area contributed by atoms with Gasteiger partial charge >= 0.3 is 0 Å². The van der Waals surface area contributed by atoms with Crippen molar-refractivity contribution in [3.63, 3.8) is 0 Å². The lowest BCUT2D eigenvalue weighted by molar-refractivity contribution is -0.0780. The molecule has 0 bridgehead atoms. The first-order valence-corrected chi connectivity index (χ1v) is 3.80. The van der Waals surface area contributed by atoms with Crippen molar-refractivity contribution in [1.29, 1.82) is 0 Å². The zero-order valence-electron chi connectivity index (χ0n) is 6.96. The molecule has 0 saturated heterocycles. The molecule has 0 aromatic rings. The fourth-order valence-electron chi connectivity index (χ4n) is 0.852. The molecule has 74 valence electrons. The Labute approximate surface area is 70.9 Å². The van der Waals surface area contributed by atoms with Crippen LogP contribution in [0, 0.1) is 5.92 Å². The van der Waals surface area contributed by atoms with E-state index in [1.165, 1.54) is 6.92 Å². The number of aliphatic hydroxyl groups excluding tert-OH is 5. The lowest BCUT2D eigenvalue weighted by Gasteiger charge is -2.25. The Morgan fingerprint density at radius 3 is 1.67 bits per heavy atom. The third kappa shape index (κ3) is 3.04. The van der Waals surface area contributed by atoms with Crippen molar-refractivity contribution in [3.8, 4) is 0 Å². The van der Waals surface area contributed by atoms with Crippen molar-refractivity contribution < 1.29 is 25.5 Å². The SMILES string of the molecule is C[C@H]([C@H](O)[C@H](O)CO)[C@H](O)CO. The van der Waals surface area contributed by atoms with Gasteiger partial charge in [0.1, 0.15) is 6.10 Å². The second kappa shape index (κ2) is 5.45. The molecular weight excluding hydrogens is 164 g/mol. The Kier molecular flexibility index (Phi) is 5.36. The fraction of sp³-hybridized carbons (Fsp3) is 1.00. The average Bonchev–Trinajstić information content (AvgIpc) is 2.12. The number of rotatable bonds is 5. The highest BCUT2D eigenvalue weighted by molar-refractivity contribution is 4.77. The van der Waals surface area contributed by atoms with Crippen molar-refractivity contribution in [2.75, 3.05) is 13.2 Å². The number of hydrogen-bond acceptors (Lipinski definition) is 5. The normalized spacial score (nSPS) is 21.5. The van der Waals surface area contributed by atoms with Crippen molar-refractivity contribution >= 4 is 0 Å². The van der Waals surface area contributed by atoms with Crippen LogP contribution in [-0.2, 0) is 0 Å². The fourth-order valence-corrected chi connectivity index (χ4v) is 0.852. The van der Waals surface area contributed by atoms with E-state index >= 15 is 0 Å². The maximum Gasteiger partial charge on any atom is 0.103 e. The van der Waals surface area contributed by atoms with E-state index in [4.69, 9.17) is 20.4 Å². The molecule has 0 spiro atoms. The van der Waals surface area contributed by atoms with E-state index < -0.39 is 37.4 Å². The molecule has 0 radical (unpaired) electrons. The maximum atomic E-state index is 9.21. The first kappa shape index (κ1) is 11.8. The predicted molar refractivity (Wildman–Crippen MR) is 41.4 cm³/mol. The van der Waals surface area contributed by atoms with Crippen LogP contribution in [0.1, 0.15) is 6.92 Å². The van der Waals surface area contributed by atoms with Crippen LogP contribution in [0.2, 0.25) is 0 Å². The van der Waals surface area contributed by atoms with Gasteiger partial charge in [-0.15, -0.1) is 0 Å². The van der Waals surface area contributed by atoms with Crippen LogP contribution >= 0.6 is 0 Å². The molecule has 5 nitrogen and oxygen atoms in total. The van der Waals surface area contributed by atoms with Gasteiger partial charge < -0.3 is 25.5 Å². The van der Waals surface area contributed by atoms with Gasteiger partial charge in [0.2, 0.25) is 0 Å². The number of aliphatic hydroxyl groups is 5. The number of hydrogen-bond donors (Lipinski definition) is 5. The lowest BCUT2D eigenvalue weighted by atomic mass is 9.95. The minimum atomic E-state index is -1.28. The summed E-state index contributed by atoms with van der Waals surface area (Å²) in [6.07, 6.45) is -3.58. The summed E-state index contributed by atoms with van der Waals surface area (Å²) < 4.78 is 0. The van der Waals surface area contributed by atoms with Crippen LogP contribution in [-0.4, -0.2) is 57.1 Å². The summed E-state index contributed by atoms with van der Waals surface area (Å²) >= 11 is 0. The predicted octanol–water partition coefficient (Wildman–Crippen LogP) is -2.31. The second-order valence-corrected chi connectivity index (χ2v) is 2.85. The average molecular weight is 180 g/mol. The molecule has 0 aliphatic carbocycles. The van der Waals surface area contributed by atoms with Gasteiger partial charge in [-0.2, -0.15) is 0 Å². The largest absolute Gasteiger partial charge is 0.394 e. The summed E-state index contributed by atoms with van der Waals surface area (Å²) in [6.45, 7) is 0.435. The highest BCUT2D eigenvalue weighted by atomic mass is 16.4. The Morgan fingerprint density at radius 1 is 0.917 bits per heavy atom. The summed E-state index contributed by atoms with van der Waals surface area (Å²) in [5, 5.41) is 44.2. The van der Waals surface area contributed by atoms with Gasteiger partial charge in [0.25, 0.3) is 0 Å². The van der Waals surface area contributed by atoms with E-state index in [-0.39, 0.29) is 0 Å².